The molecular formula is C39H44Cl2N8O5. The van der Waals surface area contributed by atoms with Crippen LogP contribution in [0.1, 0.15) is 66.1 Å². The van der Waals surface area contributed by atoms with Crippen LogP contribution in [0.25, 0.3) is 22.5 Å². The second kappa shape index (κ2) is 16.4. The van der Waals surface area contributed by atoms with E-state index in [-0.39, 0.29) is 28.8 Å². The molecule has 1 atom stereocenters. The van der Waals surface area contributed by atoms with Crippen molar-refractivity contribution in [2.24, 2.45) is 18.9 Å². The number of carbonyl (C=O) groups excluding carboxylic acids is 2. The van der Waals surface area contributed by atoms with Crippen molar-refractivity contribution in [2.75, 3.05) is 32.1 Å². The molecule has 2 fully saturated rings. The van der Waals surface area contributed by atoms with E-state index in [1.165, 1.54) is 0 Å². The van der Waals surface area contributed by atoms with Crippen molar-refractivity contribution in [2.45, 2.75) is 64.1 Å². The quantitative estimate of drug-likeness (QED) is 0.140. The standard InChI is InChI=1S/C39H44Cl2N8O5/c1-48-31-15-17-49(20-22-6-8-23(9-7-22)39(52)53)21-30(31)45-36(48)37(51)46-29-5-3-4-27(33(29)40)35-34(41)26(14-16-43-35)28-12-10-24(38(47-28)54-2)18-42-19-25-11-13-32(50)44-25/h3-5,10,12,14,16,22-23,25,42H,6-9,11,13,15,17-21H2,1-2H3,(H,44,50)(H,46,51)(H,52,53)/t22?,23?,25-/m0/s1. The van der Waals surface area contributed by atoms with E-state index < -0.39 is 5.97 Å². The number of carboxylic acid groups (broad SMARTS) is 1. The molecule has 3 aliphatic rings. The molecular weight excluding hydrogens is 731 g/mol. The second-order valence-electron chi connectivity index (χ2n) is 14.4. The number of amides is 2. The number of hydrogen-bond donors (Lipinski definition) is 4. The predicted octanol–water partition coefficient (Wildman–Crippen LogP) is 5.73. The summed E-state index contributed by atoms with van der Waals surface area (Å²) >= 11 is 14.0. The number of anilines is 1. The Bertz CT molecular complexity index is 2060. The van der Waals surface area contributed by atoms with Crippen molar-refractivity contribution in [1.29, 1.82) is 0 Å². The molecule has 1 aliphatic carbocycles. The Kier molecular flexibility index (Phi) is 11.5. The Morgan fingerprint density at radius 3 is 2.57 bits per heavy atom. The molecule has 1 saturated carbocycles. The maximum atomic E-state index is 13.7. The van der Waals surface area contributed by atoms with Crippen molar-refractivity contribution in [1.82, 2.24) is 35.1 Å². The van der Waals surface area contributed by atoms with Crippen LogP contribution in [0.15, 0.2) is 42.6 Å². The third-order valence-corrected chi connectivity index (χ3v) is 11.6. The normalized spacial score (nSPS) is 20.0. The molecule has 1 saturated heterocycles. The van der Waals surface area contributed by atoms with Crippen LogP contribution in [0, 0.1) is 11.8 Å². The Hall–Kier alpha value is -4.56. The summed E-state index contributed by atoms with van der Waals surface area (Å²) in [7, 11) is 3.43. The topological polar surface area (TPSA) is 164 Å². The van der Waals surface area contributed by atoms with Gasteiger partial charge in [-0.3, -0.25) is 24.3 Å². The molecule has 0 radical (unpaired) electrons. The third kappa shape index (κ3) is 8.09. The highest BCUT2D eigenvalue weighted by molar-refractivity contribution is 6.39. The van der Waals surface area contributed by atoms with Gasteiger partial charge in [0, 0.05) is 87.2 Å². The largest absolute Gasteiger partial charge is 0.481 e. The van der Waals surface area contributed by atoms with Crippen molar-refractivity contribution in [3.05, 3.63) is 75.4 Å². The van der Waals surface area contributed by atoms with Gasteiger partial charge in [0.05, 0.1) is 45.8 Å². The minimum Gasteiger partial charge on any atom is -0.481 e. The minimum absolute atomic E-state index is 0.0824. The number of carbonyl (C=O) groups is 3. The van der Waals surface area contributed by atoms with Crippen LogP contribution in [0.3, 0.4) is 0 Å². The van der Waals surface area contributed by atoms with Crippen LogP contribution in [0.5, 0.6) is 5.88 Å². The van der Waals surface area contributed by atoms with Crippen LogP contribution in [0.2, 0.25) is 10.0 Å². The van der Waals surface area contributed by atoms with Gasteiger partial charge in [0.2, 0.25) is 11.8 Å². The summed E-state index contributed by atoms with van der Waals surface area (Å²) in [6.45, 7) is 3.58. The van der Waals surface area contributed by atoms with E-state index in [0.717, 1.165) is 68.6 Å². The SMILES string of the molecule is COc1nc(-c2ccnc(-c3cccc(NC(=O)c4nc5c(n4C)CCN(CC4CCC(C(=O)O)CC4)C5)c3Cl)c2Cl)ccc1CNC[C@@H]1CCC(=O)N1. The van der Waals surface area contributed by atoms with Crippen LogP contribution in [-0.4, -0.2) is 80.1 Å². The van der Waals surface area contributed by atoms with Gasteiger partial charge < -0.3 is 30.4 Å². The summed E-state index contributed by atoms with van der Waals surface area (Å²) in [5, 5.41) is 19.3. The van der Waals surface area contributed by atoms with Gasteiger partial charge in [0.15, 0.2) is 5.82 Å². The Labute approximate surface area is 323 Å². The van der Waals surface area contributed by atoms with Gasteiger partial charge in [0.1, 0.15) is 0 Å². The van der Waals surface area contributed by atoms with Crippen LogP contribution in [0.4, 0.5) is 5.69 Å². The number of halogens is 2. The molecule has 4 aromatic rings. The number of ether oxygens (including phenoxy) is 1. The highest BCUT2D eigenvalue weighted by Gasteiger charge is 2.30. The number of benzene rings is 1. The third-order valence-electron chi connectivity index (χ3n) is 10.8. The number of methoxy groups -OCH3 is 1. The monoisotopic (exact) mass is 774 g/mol. The van der Waals surface area contributed by atoms with Crippen molar-refractivity contribution < 1.29 is 24.2 Å². The first-order chi connectivity index (χ1) is 26.1. The van der Waals surface area contributed by atoms with Crippen LogP contribution >= 0.6 is 23.2 Å². The number of aliphatic carboxylic acids is 1. The minimum atomic E-state index is -0.687. The van der Waals surface area contributed by atoms with Crippen molar-refractivity contribution >= 4 is 46.7 Å². The van der Waals surface area contributed by atoms with Crippen molar-refractivity contribution in [3.8, 4) is 28.4 Å². The molecule has 4 N–H and O–H groups in total. The Morgan fingerprint density at radius 2 is 1.83 bits per heavy atom. The molecule has 1 aromatic carbocycles. The Balaban J connectivity index is 1.03. The molecule has 13 nitrogen and oxygen atoms in total. The second-order valence-corrected chi connectivity index (χ2v) is 15.1. The van der Waals surface area contributed by atoms with Gasteiger partial charge in [-0.05, 0) is 56.2 Å². The lowest BCUT2D eigenvalue weighted by atomic mass is 9.81. The van der Waals surface area contributed by atoms with Gasteiger partial charge in [-0.25, -0.2) is 9.97 Å². The summed E-state index contributed by atoms with van der Waals surface area (Å²) in [4.78, 5) is 53.0. The zero-order valence-electron chi connectivity index (χ0n) is 30.3. The molecule has 3 aromatic heterocycles. The van der Waals surface area contributed by atoms with Gasteiger partial charge in [-0.1, -0.05) is 41.4 Å². The zero-order chi connectivity index (χ0) is 37.9. The molecule has 54 heavy (non-hydrogen) atoms. The van der Waals surface area contributed by atoms with E-state index in [1.807, 2.05) is 23.7 Å². The maximum absolute atomic E-state index is 13.7. The van der Waals surface area contributed by atoms with E-state index in [2.05, 4.69) is 25.8 Å². The van der Waals surface area contributed by atoms with E-state index in [0.29, 0.717) is 76.9 Å². The van der Waals surface area contributed by atoms with Gasteiger partial charge in [0.25, 0.3) is 5.91 Å². The first-order valence-corrected chi connectivity index (χ1v) is 19.1. The summed E-state index contributed by atoms with van der Waals surface area (Å²) in [5.41, 5.74) is 5.39. The lowest BCUT2D eigenvalue weighted by Gasteiger charge is -2.33. The summed E-state index contributed by atoms with van der Waals surface area (Å²) < 4.78 is 7.48. The maximum Gasteiger partial charge on any atom is 0.306 e. The highest BCUT2D eigenvalue weighted by atomic mass is 35.5. The van der Waals surface area contributed by atoms with Gasteiger partial charge >= 0.3 is 5.97 Å². The first kappa shape index (κ1) is 37.7. The number of carboxylic acids is 1. The molecule has 0 bridgehead atoms. The summed E-state index contributed by atoms with van der Waals surface area (Å²) in [5.74, 6) is 0.0169. The molecule has 0 spiro atoms. The number of nitrogens with one attached hydrogen (secondary N) is 3. The van der Waals surface area contributed by atoms with Crippen molar-refractivity contribution in [3.63, 3.8) is 0 Å². The lowest BCUT2D eigenvalue weighted by molar-refractivity contribution is -0.143. The fourth-order valence-corrected chi connectivity index (χ4v) is 8.43. The molecule has 15 heteroatoms. The fourth-order valence-electron chi connectivity index (χ4n) is 7.86. The number of aromatic nitrogens is 4. The number of imidazole rings is 1. The number of hydrogen-bond acceptors (Lipinski definition) is 9. The zero-order valence-corrected chi connectivity index (χ0v) is 31.8. The smallest absolute Gasteiger partial charge is 0.306 e. The molecule has 284 valence electrons. The van der Waals surface area contributed by atoms with E-state index in [9.17, 15) is 19.5 Å². The van der Waals surface area contributed by atoms with E-state index in [4.69, 9.17) is 37.9 Å². The average Bonchev–Trinajstić information content (AvgIpc) is 3.74. The lowest BCUT2D eigenvalue weighted by Crippen LogP contribution is -2.36. The molecule has 5 heterocycles. The van der Waals surface area contributed by atoms with Gasteiger partial charge in [-0.2, -0.15) is 0 Å². The predicted molar refractivity (Wildman–Crippen MR) is 206 cm³/mol. The van der Waals surface area contributed by atoms with Crippen LogP contribution < -0.4 is 20.7 Å². The summed E-state index contributed by atoms with van der Waals surface area (Å²) in [6, 6.07) is 11.0. The molecule has 0 unspecified atom stereocenters. The Morgan fingerprint density at radius 1 is 1.02 bits per heavy atom. The van der Waals surface area contributed by atoms with E-state index >= 15 is 0 Å². The molecule has 2 amide bonds. The summed E-state index contributed by atoms with van der Waals surface area (Å²) in [6.07, 6.45) is 7.08. The van der Waals surface area contributed by atoms with E-state index in [1.54, 1.807) is 37.6 Å². The molecule has 2 aliphatic heterocycles. The number of fused-ring (bicyclic) bond motifs is 1. The van der Waals surface area contributed by atoms with Crippen LogP contribution in [-0.2, 0) is 36.1 Å². The molecule has 7 rings (SSSR count). The number of nitrogens with zero attached hydrogens (tertiary/aromatic N) is 5. The number of rotatable bonds is 12. The first-order valence-electron chi connectivity index (χ1n) is 18.4. The average molecular weight is 776 g/mol. The van der Waals surface area contributed by atoms with Gasteiger partial charge in [-0.15, -0.1) is 0 Å². The fraction of sp³-hybridized carbons (Fsp3) is 0.436. The number of pyridine rings is 2. The highest BCUT2D eigenvalue weighted by Crippen LogP contribution is 2.40.